The Morgan fingerprint density at radius 3 is 0.571 bits per heavy atom. The summed E-state index contributed by atoms with van der Waals surface area (Å²) in [4.78, 5) is 0. The smallest absolute Gasteiger partial charge is 0.0933 e. The molecule has 0 bridgehead atoms. The molecule has 0 radical (unpaired) electrons. The summed E-state index contributed by atoms with van der Waals surface area (Å²) in [7, 11) is 0. The monoisotopic (exact) mass is 398 g/mol. The average molecular weight is 403 g/mol. The highest BCUT2D eigenvalue weighted by atomic mass is 35.6. The van der Waals surface area contributed by atoms with Crippen LogP contribution < -0.4 is 0 Å². The van der Waals surface area contributed by atoms with E-state index in [0.717, 1.165) is 0 Å². The van der Waals surface area contributed by atoms with E-state index in [1.165, 1.54) is 0 Å². The van der Waals surface area contributed by atoms with Gasteiger partial charge in [-0.3, -0.25) is 0 Å². The van der Waals surface area contributed by atoms with Gasteiger partial charge >= 0.3 is 0 Å². The van der Waals surface area contributed by atoms with Crippen molar-refractivity contribution in [3.8, 4) is 0 Å². The van der Waals surface area contributed by atoms with E-state index in [4.69, 9.17) is 116 Å². The fourth-order valence-electron chi connectivity index (χ4n) is 0.356. The van der Waals surface area contributed by atoms with Crippen molar-refractivity contribution in [1.29, 1.82) is 0 Å². The fraction of sp³-hybridized carbons (Fsp3) is 1.00. The summed E-state index contributed by atoms with van der Waals surface area (Å²) in [6.07, 6.45) is 0. The number of hydrogen-bond donors (Lipinski definition) is 0. The maximum atomic E-state index is 5.64. The van der Waals surface area contributed by atoms with E-state index in [1.807, 2.05) is 0 Å². The van der Waals surface area contributed by atoms with E-state index in [1.54, 1.807) is 0 Å². The third-order valence-corrected chi connectivity index (χ3v) is 6.62. The first-order chi connectivity index (χ1) is 5.75. The fourth-order valence-corrected chi connectivity index (χ4v) is 2.35. The van der Waals surface area contributed by atoms with Gasteiger partial charge in [-0.05, 0) is 0 Å². The van der Waals surface area contributed by atoms with Gasteiger partial charge in [-0.2, -0.15) is 0 Å². The van der Waals surface area contributed by atoms with Gasteiger partial charge in [-0.1, -0.05) is 116 Å². The molecule has 0 rings (SSSR count). The van der Waals surface area contributed by atoms with Crippen molar-refractivity contribution >= 4 is 116 Å². The standard InChI is InChI=1S/C4Cl10/c5-1(6,3(9,10)11)2(7,8)4(12,13)14. The van der Waals surface area contributed by atoms with Crippen LogP contribution in [0.25, 0.3) is 0 Å². The molecule has 0 spiro atoms. The maximum Gasteiger partial charge on any atom is 0.226 e. The van der Waals surface area contributed by atoms with Crippen LogP contribution in [0, 0.1) is 0 Å². The van der Waals surface area contributed by atoms with Gasteiger partial charge in [0, 0.05) is 0 Å². The van der Waals surface area contributed by atoms with Gasteiger partial charge in [0.1, 0.15) is 0 Å². The molecule has 0 atom stereocenters. The van der Waals surface area contributed by atoms with Gasteiger partial charge in [0.15, 0.2) is 0 Å². The highest BCUT2D eigenvalue weighted by Crippen LogP contribution is 2.63. The third-order valence-electron chi connectivity index (χ3n) is 1.11. The number of rotatable bonds is 1. The van der Waals surface area contributed by atoms with E-state index in [0.29, 0.717) is 0 Å². The predicted octanol–water partition coefficient (Wildman–Crippen LogP) is 6.07. The zero-order valence-electron chi connectivity index (χ0n) is 5.78. The zero-order chi connectivity index (χ0) is 12.0. The minimum atomic E-state index is -2.31. The Hall–Kier alpha value is 2.90. The Kier molecular flexibility index (Phi) is 5.89. The Labute approximate surface area is 131 Å². The first-order valence-corrected chi connectivity index (χ1v) is 6.42. The first-order valence-electron chi connectivity index (χ1n) is 2.64. The lowest BCUT2D eigenvalue weighted by Crippen LogP contribution is -2.54. The highest BCUT2D eigenvalue weighted by molar-refractivity contribution is 6.83. The Morgan fingerprint density at radius 2 is 0.500 bits per heavy atom. The molecule has 0 aliphatic rings. The quantitative estimate of drug-likeness (QED) is 0.467. The molecule has 0 aliphatic heterocycles. The van der Waals surface area contributed by atoms with Gasteiger partial charge in [0.25, 0.3) is 0 Å². The molecular weight excluding hydrogens is 403 g/mol. The van der Waals surface area contributed by atoms with Gasteiger partial charge in [0.2, 0.25) is 16.3 Å². The lowest BCUT2D eigenvalue weighted by Gasteiger charge is -2.41. The molecule has 0 unspecified atom stereocenters. The largest absolute Gasteiger partial charge is 0.226 e. The van der Waals surface area contributed by atoms with Crippen LogP contribution in [0.1, 0.15) is 0 Å². The summed E-state index contributed by atoms with van der Waals surface area (Å²) in [5, 5.41) is 0. The summed E-state index contributed by atoms with van der Waals surface area (Å²) in [5.41, 5.74) is 0. The molecule has 0 heterocycles. The Balaban J connectivity index is 5.30. The first kappa shape index (κ1) is 16.9. The second-order valence-corrected chi connectivity index (χ2v) is 9.36. The number of halogens is 10. The lowest BCUT2D eigenvalue weighted by molar-refractivity contribution is 0.672. The summed E-state index contributed by atoms with van der Waals surface area (Å²) in [6.45, 7) is 0. The van der Waals surface area contributed by atoms with E-state index < -0.39 is 16.3 Å². The van der Waals surface area contributed by atoms with Crippen molar-refractivity contribution in [3.63, 3.8) is 0 Å². The molecule has 0 saturated carbocycles. The summed E-state index contributed by atoms with van der Waals surface area (Å²) in [5.74, 6) is 0. The summed E-state index contributed by atoms with van der Waals surface area (Å²) < 4.78 is -9.08. The minimum absolute atomic E-state index is 2.23. The molecule has 0 aromatic rings. The predicted molar refractivity (Wildman–Crippen MR) is 69.5 cm³/mol. The maximum absolute atomic E-state index is 5.64. The van der Waals surface area contributed by atoms with Gasteiger partial charge in [-0.15, -0.1) is 0 Å². The van der Waals surface area contributed by atoms with Crippen LogP contribution in [-0.4, -0.2) is 16.3 Å². The molecule has 0 aliphatic carbocycles. The van der Waals surface area contributed by atoms with Crippen molar-refractivity contribution in [2.75, 3.05) is 0 Å². The van der Waals surface area contributed by atoms with E-state index in [9.17, 15) is 0 Å². The number of alkyl halides is 10. The molecule has 14 heavy (non-hydrogen) atoms. The lowest BCUT2D eigenvalue weighted by atomic mass is 10.3. The zero-order valence-corrected chi connectivity index (χ0v) is 13.3. The molecule has 86 valence electrons. The molecule has 0 aromatic carbocycles. The molecule has 0 saturated heterocycles. The molecule has 0 N–H and O–H groups in total. The van der Waals surface area contributed by atoms with E-state index in [2.05, 4.69) is 0 Å². The van der Waals surface area contributed by atoms with Crippen LogP contribution in [0.3, 0.4) is 0 Å². The van der Waals surface area contributed by atoms with Crippen molar-refractivity contribution in [2.45, 2.75) is 16.3 Å². The van der Waals surface area contributed by atoms with Crippen LogP contribution in [0.4, 0.5) is 0 Å². The van der Waals surface area contributed by atoms with Gasteiger partial charge in [0.05, 0.1) is 0 Å². The van der Waals surface area contributed by atoms with E-state index >= 15 is 0 Å². The Bertz CT molecular complexity index is 181. The highest BCUT2D eigenvalue weighted by Gasteiger charge is 2.67. The molecule has 0 fully saturated rings. The molecule has 0 amide bonds. The second-order valence-electron chi connectivity index (χ2n) is 2.14. The van der Waals surface area contributed by atoms with Crippen LogP contribution in [-0.2, 0) is 0 Å². The van der Waals surface area contributed by atoms with Crippen LogP contribution >= 0.6 is 116 Å². The summed E-state index contributed by atoms with van der Waals surface area (Å²) in [6, 6.07) is 0. The SMILES string of the molecule is ClC(Cl)(Cl)C(Cl)(Cl)C(Cl)(Cl)C(Cl)(Cl)Cl. The molecular formula is C4Cl10. The minimum Gasteiger partial charge on any atom is -0.0933 e. The second kappa shape index (κ2) is 4.88. The molecule has 0 aromatic heterocycles. The van der Waals surface area contributed by atoms with Crippen LogP contribution in [0.2, 0.25) is 0 Å². The number of hydrogen-bond acceptors (Lipinski definition) is 0. The van der Waals surface area contributed by atoms with Crippen molar-refractivity contribution in [1.82, 2.24) is 0 Å². The third kappa shape index (κ3) is 3.22. The summed E-state index contributed by atoms with van der Waals surface area (Å²) >= 11 is 55.2. The van der Waals surface area contributed by atoms with Crippen molar-refractivity contribution in [2.24, 2.45) is 0 Å². The molecule has 10 heteroatoms. The van der Waals surface area contributed by atoms with Crippen LogP contribution in [0.5, 0.6) is 0 Å². The topological polar surface area (TPSA) is 0 Å². The van der Waals surface area contributed by atoms with Crippen molar-refractivity contribution < 1.29 is 0 Å². The van der Waals surface area contributed by atoms with Crippen molar-refractivity contribution in [3.05, 3.63) is 0 Å². The molecule has 0 nitrogen and oxygen atoms in total. The van der Waals surface area contributed by atoms with Gasteiger partial charge < -0.3 is 0 Å². The normalized spacial score (nSPS) is 15.9. The van der Waals surface area contributed by atoms with Crippen LogP contribution in [0.15, 0.2) is 0 Å². The average Bonchev–Trinajstić information content (AvgIpc) is 1.81. The van der Waals surface area contributed by atoms with E-state index in [-0.39, 0.29) is 0 Å². The van der Waals surface area contributed by atoms with Gasteiger partial charge in [-0.25, -0.2) is 0 Å². The Morgan fingerprint density at radius 1 is 0.357 bits per heavy atom.